The van der Waals surface area contributed by atoms with Crippen LogP contribution in [0.1, 0.15) is 41.1 Å². The third-order valence-corrected chi connectivity index (χ3v) is 6.09. The van der Waals surface area contributed by atoms with Gasteiger partial charge >= 0.3 is 0 Å². The molecule has 0 radical (unpaired) electrons. The molecule has 0 amide bonds. The van der Waals surface area contributed by atoms with Crippen molar-refractivity contribution in [1.82, 2.24) is 15.0 Å². The van der Waals surface area contributed by atoms with E-state index in [4.69, 9.17) is 4.74 Å². The molecule has 0 aliphatic carbocycles. The van der Waals surface area contributed by atoms with Gasteiger partial charge in [-0.2, -0.15) is 0 Å². The molecule has 1 atom stereocenters. The summed E-state index contributed by atoms with van der Waals surface area (Å²) in [6.45, 7) is 4.52. The van der Waals surface area contributed by atoms with Crippen LogP contribution in [0.3, 0.4) is 0 Å². The summed E-state index contributed by atoms with van der Waals surface area (Å²) in [4.78, 5) is 27.1. The van der Waals surface area contributed by atoms with Crippen molar-refractivity contribution in [3.8, 4) is 0 Å². The Morgan fingerprint density at radius 1 is 1.35 bits per heavy atom. The molecular formula is C19H19N3O3S. The second-order valence-electron chi connectivity index (χ2n) is 6.79. The van der Waals surface area contributed by atoms with Gasteiger partial charge in [-0.25, -0.2) is 4.68 Å². The van der Waals surface area contributed by atoms with E-state index in [-0.39, 0.29) is 23.5 Å². The number of benzene rings is 1. The lowest BCUT2D eigenvalue weighted by Crippen LogP contribution is -2.35. The molecular weight excluding hydrogens is 350 g/mol. The lowest BCUT2D eigenvalue weighted by molar-refractivity contribution is -0.0543. The lowest BCUT2D eigenvalue weighted by Gasteiger charge is -2.32. The van der Waals surface area contributed by atoms with E-state index < -0.39 is 0 Å². The molecule has 0 spiro atoms. The van der Waals surface area contributed by atoms with Gasteiger partial charge in [0.2, 0.25) is 0 Å². The number of nitrogens with zero attached hydrogens (tertiary/aromatic N) is 3. The number of thiophene rings is 1. The number of ether oxygens (including phenoxy) is 1. The lowest BCUT2D eigenvalue weighted by atomic mass is 9.90. The number of hydrogen-bond donors (Lipinski definition) is 0. The maximum Gasteiger partial charge on any atom is 0.279 e. The molecule has 0 saturated heterocycles. The Kier molecular flexibility index (Phi) is 4.20. The van der Waals surface area contributed by atoms with Crippen LogP contribution in [-0.4, -0.2) is 26.4 Å². The highest BCUT2D eigenvalue weighted by Crippen LogP contribution is 2.37. The van der Waals surface area contributed by atoms with Crippen molar-refractivity contribution in [1.29, 1.82) is 0 Å². The first-order chi connectivity index (χ1) is 12.5. The highest BCUT2D eigenvalue weighted by molar-refractivity contribution is 7.18. The smallest absolute Gasteiger partial charge is 0.279 e. The van der Waals surface area contributed by atoms with Crippen LogP contribution in [-0.2, 0) is 24.3 Å². The Hall–Kier alpha value is -2.38. The molecule has 134 valence electrons. The molecule has 7 heteroatoms. The normalized spacial score (nSPS) is 19.5. The number of fused-ring (bicyclic) bond motifs is 3. The molecule has 0 bridgehead atoms. The molecule has 0 fully saturated rings. The van der Waals surface area contributed by atoms with E-state index in [1.54, 1.807) is 24.3 Å². The molecule has 0 unspecified atom stereocenters. The van der Waals surface area contributed by atoms with Crippen LogP contribution in [0, 0.1) is 0 Å². The fraction of sp³-hybridized carbons (Fsp3) is 0.368. The van der Waals surface area contributed by atoms with Crippen LogP contribution in [0.2, 0.25) is 0 Å². The van der Waals surface area contributed by atoms with Crippen molar-refractivity contribution in [2.45, 2.75) is 45.4 Å². The predicted octanol–water partition coefficient (Wildman–Crippen LogP) is 2.98. The van der Waals surface area contributed by atoms with Crippen LogP contribution in [0.25, 0.3) is 10.2 Å². The molecule has 1 aliphatic rings. The summed E-state index contributed by atoms with van der Waals surface area (Å²) in [5.74, 6) is -0.160. The molecule has 0 N–H and O–H groups in total. The molecule has 4 rings (SSSR count). The van der Waals surface area contributed by atoms with E-state index in [9.17, 15) is 9.59 Å². The Labute approximate surface area is 154 Å². The van der Waals surface area contributed by atoms with Gasteiger partial charge in [-0.3, -0.25) is 9.59 Å². The zero-order chi connectivity index (χ0) is 18.3. The molecule has 0 saturated carbocycles. The molecule has 6 nitrogen and oxygen atoms in total. The second-order valence-corrected chi connectivity index (χ2v) is 7.88. The Morgan fingerprint density at radius 3 is 2.85 bits per heavy atom. The minimum absolute atomic E-state index is 0.113. The topological polar surface area (TPSA) is 74.1 Å². The number of ketones is 1. The average Bonchev–Trinajstić information content (AvgIpc) is 3.03. The predicted molar refractivity (Wildman–Crippen MR) is 99.6 cm³/mol. The summed E-state index contributed by atoms with van der Waals surface area (Å²) in [7, 11) is 0. The van der Waals surface area contributed by atoms with Gasteiger partial charge in [-0.05, 0) is 18.9 Å². The number of Topliss-reactive ketones (excluding diaryl/α,β-unsaturated/α-hetero) is 1. The highest BCUT2D eigenvalue weighted by Gasteiger charge is 2.33. The molecule has 3 aromatic rings. The van der Waals surface area contributed by atoms with E-state index in [2.05, 4.69) is 24.2 Å². The van der Waals surface area contributed by atoms with Crippen molar-refractivity contribution in [3.63, 3.8) is 0 Å². The van der Waals surface area contributed by atoms with Gasteiger partial charge < -0.3 is 4.74 Å². The summed E-state index contributed by atoms with van der Waals surface area (Å²) >= 11 is 1.45. The molecule has 1 aliphatic heterocycles. The summed E-state index contributed by atoms with van der Waals surface area (Å²) in [5, 5.41) is 8.75. The minimum atomic E-state index is -0.276. The number of rotatable bonds is 4. The van der Waals surface area contributed by atoms with Gasteiger partial charge in [0, 0.05) is 16.9 Å². The van der Waals surface area contributed by atoms with E-state index in [1.165, 1.54) is 16.0 Å². The van der Waals surface area contributed by atoms with Crippen molar-refractivity contribution in [2.75, 3.05) is 0 Å². The molecule has 3 heterocycles. The van der Waals surface area contributed by atoms with Gasteiger partial charge in [0.15, 0.2) is 10.6 Å². The van der Waals surface area contributed by atoms with Crippen LogP contribution < -0.4 is 5.56 Å². The van der Waals surface area contributed by atoms with Gasteiger partial charge in [-0.1, -0.05) is 42.5 Å². The van der Waals surface area contributed by atoms with Crippen molar-refractivity contribution in [3.05, 3.63) is 56.7 Å². The van der Waals surface area contributed by atoms with Crippen LogP contribution >= 0.6 is 11.3 Å². The fourth-order valence-electron chi connectivity index (χ4n) is 3.20. The number of hydrogen-bond acceptors (Lipinski definition) is 6. The van der Waals surface area contributed by atoms with E-state index in [1.807, 2.05) is 6.07 Å². The maximum atomic E-state index is 13.0. The Morgan fingerprint density at radius 2 is 2.12 bits per heavy atom. The van der Waals surface area contributed by atoms with Crippen molar-refractivity contribution < 1.29 is 9.53 Å². The number of carbonyl (C=O) groups excluding carboxylic acids is 1. The van der Waals surface area contributed by atoms with Gasteiger partial charge in [0.1, 0.15) is 6.54 Å². The monoisotopic (exact) mass is 369 g/mol. The zero-order valence-electron chi connectivity index (χ0n) is 14.7. The average molecular weight is 369 g/mol. The van der Waals surface area contributed by atoms with Gasteiger partial charge in [0.25, 0.3) is 5.56 Å². The minimum Gasteiger partial charge on any atom is -0.369 e. The fourth-order valence-corrected chi connectivity index (χ4v) is 4.24. The van der Waals surface area contributed by atoms with E-state index in [0.717, 1.165) is 16.9 Å². The zero-order valence-corrected chi connectivity index (χ0v) is 15.5. The van der Waals surface area contributed by atoms with Crippen LogP contribution in [0.4, 0.5) is 0 Å². The number of carbonyl (C=O) groups is 1. The van der Waals surface area contributed by atoms with Gasteiger partial charge in [-0.15, -0.1) is 16.4 Å². The first-order valence-electron chi connectivity index (χ1n) is 8.61. The first-order valence-corrected chi connectivity index (χ1v) is 9.42. The molecule has 2 aromatic heterocycles. The van der Waals surface area contributed by atoms with Crippen LogP contribution in [0.15, 0.2) is 35.1 Å². The Bertz CT molecular complexity index is 1040. The van der Waals surface area contributed by atoms with E-state index >= 15 is 0 Å². The van der Waals surface area contributed by atoms with Crippen LogP contribution in [0.5, 0.6) is 0 Å². The third kappa shape index (κ3) is 2.87. The first kappa shape index (κ1) is 17.1. The summed E-state index contributed by atoms with van der Waals surface area (Å²) in [6.07, 6.45) is 1.54. The maximum absolute atomic E-state index is 13.0. The third-order valence-electron chi connectivity index (χ3n) is 5.00. The van der Waals surface area contributed by atoms with Crippen molar-refractivity contribution >= 4 is 27.3 Å². The standard InChI is InChI=1S/C19H19N3O3S/c1-3-19(2)9-13-15(11-25-19)26-17-16(13)18(24)22(21-20-17)10-14(23)12-7-5-4-6-8-12/h4-8H,3,9-11H2,1-2H3/t19-/m0/s1. The highest BCUT2D eigenvalue weighted by atomic mass is 32.1. The van der Waals surface area contributed by atoms with Gasteiger partial charge in [0.05, 0.1) is 17.6 Å². The summed E-state index contributed by atoms with van der Waals surface area (Å²) in [6, 6.07) is 8.91. The second kappa shape index (κ2) is 6.41. The van der Waals surface area contributed by atoms with Crippen molar-refractivity contribution in [2.24, 2.45) is 0 Å². The Balaban J connectivity index is 1.75. The number of aromatic nitrogens is 3. The largest absolute Gasteiger partial charge is 0.369 e. The van der Waals surface area contributed by atoms with E-state index in [0.29, 0.717) is 28.8 Å². The summed E-state index contributed by atoms with van der Waals surface area (Å²) in [5.41, 5.74) is 1.03. The molecule has 26 heavy (non-hydrogen) atoms. The molecule has 1 aromatic carbocycles. The SMILES string of the molecule is CC[C@@]1(C)Cc2c(sc3nnn(CC(=O)c4ccccc4)c(=O)c23)CO1. The quantitative estimate of drug-likeness (QED) is 0.661. The summed E-state index contributed by atoms with van der Waals surface area (Å²) < 4.78 is 7.13.